The number of nitrogens with one attached hydrogen (secondary N) is 1. The van der Waals surface area contributed by atoms with E-state index in [1.807, 2.05) is 52.2 Å². The maximum atomic E-state index is 13.0. The first-order chi connectivity index (χ1) is 14.7. The Labute approximate surface area is 186 Å². The number of benzene rings is 2. The lowest BCUT2D eigenvalue weighted by atomic mass is 9.97. The van der Waals surface area contributed by atoms with Crippen molar-refractivity contribution in [3.05, 3.63) is 65.2 Å². The Morgan fingerprint density at radius 2 is 1.71 bits per heavy atom. The molecule has 2 aromatic carbocycles. The van der Waals surface area contributed by atoms with Crippen molar-refractivity contribution in [1.29, 1.82) is 0 Å². The average molecular weight is 444 g/mol. The van der Waals surface area contributed by atoms with E-state index in [2.05, 4.69) is 22.3 Å². The van der Waals surface area contributed by atoms with Gasteiger partial charge in [-0.3, -0.25) is 4.79 Å². The van der Waals surface area contributed by atoms with E-state index < -0.39 is 10.0 Å². The number of sulfonamides is 1. The van der Waals surface area contributed by atoms with E-state index in [9.17, 15) is 13.2 Å². The van der Waals surface area contributed by atoms with Crippen molar-refractivity contribution in [1.82, 2.24) is 14.5 Å². The highest BCUT2D eigenvalue weighted by Crippen LogP contribution is 2.25. The van der Waals surface area contributed by atoms with Gasteiger partial charge >= 0.3 is 0 Å². The van der Waals surface area contributed by atoms with Crippen molar-refractivity contribution in [3.8, 4) is 0 Å². The first kappa shape index (κ1) is 23.4. The van der Waals surface area contributed by atoms with Crippen molar-refractivity contribution < 1.29 is 13.2 Å². The van der Waals surface area contributed by atoms with Gasteiger partial charge in [-0.05, 0) is 69.6 Å². The molecule has 1 fully saturated rings. The number of piperidine rings is 1. The van der Waals surface area contributed by atoms with E-state index in [-0.39, 0.29) is 17.9 Å². The maximum Gasteiger partial charge on any atom is 0.243 e. The zero-order valence-electron chi connectivity index (χ0n) is 18.8. The number of amides is 1. The van der Waals surface area contributed by atoms with Crippen LogP contribution in [-0.2, 0) is 14.8 Å². The predicted molar refractivity (Wildman–Crippen MR) is 123 cm³/mol. The fourth-order valence-electron chi connectivity index (χ4n) is 4.00. The van der Waals surface area contributed by atoms with E-state index in [1.54, 1.807) is 12.1 Å². The summed E-state index contributed by atoms with van der Waals surface area (Å²) in [5.74, 6) is -0.157. The van der Waals surface area contributed by atoms with Gasteiger partial charge < -0.3 is 10.2 Å². The number of hydrogen-bond acceptors (Lipinski definition) is 4. The quantitative estimate of drug-likeness (QED) is 0.714. The lowest BCUT2D eigenvalue weighted by Gasteiger charge is -2.31. The molecule has 1 heterocycles. The molecule has 3 rings (SSSR count). The molecule has 1 saturated heterocycles. The molecule has 6 nitrogen and oxygen atoms in total. The van der Waals surface area contributed by atoms with Crippen molar-refractivity contribution in [2.45, 2.75) is 37.6 Å². The van der Waals surface area contributed by atoms with Crippen LogP contribution < -0.4 is 5.32 Å². The second-order valence-corrected chi connectivity index (χ2v) is 10.5. The summed E-state index contributed by atoms with van der Waals surface area (Å²) >= 11 is 0. The van der Waals surface area contributed by atoms with Gasteiger partial charge in [-0.25, -0.2) is 8.42 Å². The van der Waals surface area contributed by atoms with Crippen molar-refractivity contribution in [3.63, 3.8) is 0 Å². The SMILES string of the molecule is Cc1ccc(S(=O)(=O)N2CCC(C(=O)NCC(c3ccccc3)N(C)C)CC2)cc1C. The lowest BCUT2D eigenvalue weighted by Crippen LogP contribution is -2.44. The van der Waals surface area contributed by atoms with Crippen LogP contribution in [0.4, 0.5) is 0 Å². The molecule has 31 heavy (non-hydrogen) atoms. The third-order valence-electron chi connectivity index (χ3n) is 6.22. The number of carbonyl (C=O) groups excluding carboxylic acids is 1. The highest BCUT2D eigenvalue weighted by atomic mass is 32.2. The number of hydrogen-bond donors (Lipinski definition) is 1. The normalized spacial score (nSPS) is 16.9. The monoisotopic (exact) mass is 443 g/mol. The number of aryl methyl sites for hydroxylation is 2. The summed E-state index contributed by atoms with van der Waals surface area (Å²) in [6, 6.07) is 15.4. The maximum absolute atomic E-state index is 13.0. The van der Waals surface area contributed by atoms with Gasteiger partial charge in [-0.2, -0.15) is 4.31 Å². The van der Waals surface area contributed by atoms with Crippen LogP contribution in [0.1, 0.15) is 35.6 Å². The van der Waals surface area contributed by atoms with E-state index in [0.29, 0.717) is 37.4 Å². The Morgan fingerprint density at radius 3 is 2.29 bits per heavy atom. The molecular weight excluding hydrogens is 410 g/mol. The molecule has 7 heteroatoms. The Bertz CT molecular complexity index is 998. The summed E-state index contributed by atoms with van der Waals surface area (Å²) in [6.45, 7) is 5.14. The van der Waals surface area contributed by atoms with E-state index >= 15 is 0 Å². The molecular formula is C24H33N3O3S. The Balaban J connectivity index is 1.57. The fourth-order valence-corrected chi connectivity index (χ4v) is 5.55. The molecule has 1 aliphatic rings. The van der Waals surface area contributed by atoms with Gasteiger partial charge in [0.05, 0.1) is 10.9 Å². The van der Waals surface area contributed by atoms with Crippen molar-refractivity contribution in [2.24, 2.45) is 5.92 Å². The minimum atomic E-state index is -3.53. The van der Waals surface area contributed by atoms with Gasteiger partial charge in [0.15, 0.2) is 0 Å². The standard InChI is InChI=1S/C24H33N3O3S/c1-18-10-11-22(16-19(18)2)31(29,30)27-14-12-21(13-15-27)24(28)25-17-23(26(3)4)20-8-6-5-7-9-20/h5-11,16,21,23H,12-15,17H2,1-4H3,(H,25,28). The summed E-state index contributed by atoms with van der Waals surface area (Å²) in [5.41, 5.74) is 3.19. The molecule has 0 spiro atoms. The zero-order chi connectivity index (χ0) is 22.6. The van der Waals surface area contributed by atoms with Gasteiger partial charge in [0, 0.05) is 25.6 Å². The van der Waals surface area contributed by atoms with Crippen molar-refractivity contribution >= 4 is 15.9 Å². The van der Waals surface area contributed by atoms with Crippen LogP contribution >= 0.6 is 0 Å². The van der Waals surface area contributed by atoms with E-state index in [4.69, 9.17) is 0 Å². The highest BCUT2D eigenvalue weighted by molar-refractivity contribution is 7.89. The third kappa shape index (κ3) is 5.53. The van der Waals surface area contributed by atoms with E-state index in [1.165, 1.54) is 4.31 Å². The van der Waals surface area contributed by atoms with Crippen molar-refractivity contribution in [2.75, 3.05) is 33.7 Å². The number of nitrogens with zero attached hydrogens (tertiary/aromatic N) is 2. The summed E-state index contributed by atoms with van der Waals surface area (Å²) in [5, 5.41) is 3.08. The molecule has 1 N–H and O–H groups in total. The highest BCUT2D eigenvalue weighted by Gasteiger charge is 2.32. The molecule has 0 saturated carbocycles. The molecule has 1 unspecified atom stereocenters. The first-order valence-corrected chi connectivity index (χ1v) is 12.2. The summed E-state index contributed by atoms with van der Waals surface area (Å²) in [6.07, 6.45) is 1.07. The smallest absolute Gasteiger partial charge is 0.243 e. The average Bonchev–Trinajstić information content (AvgIpc) is 2.76. The summed E-state index contributed by atoms with van der Waals surface area (Å²) in [7, 11) is 0.471. The summed E-state index contributed by atoms with van der Waals surface area (Å²) < 4.78 is 27.5. The number of carbonyl (C=O) groups is 1. The van der Waals surface area contributed by atoms with E-state index in [0.717, 1.165) is 16.7 Å². The van der Waals surface area contributed by atoms with Crippen LogP contribution in [0.25, 0.3) is 0 Å². The van der Waals surface area contributed by atoms with Gasteiger partial charge in [-0.15, -0.1) is 0 Å². The van der Waals surface area contributed by atoms with Crippen LogP contribution in [0.2, 0.25) is 0 Å². The van der Waals surface area contributed by atoms with Gasteiger partial charge in [0.1, 0.15) is 0 Å². The minimum Gasteiger partial charge on any atom is -0.354 e. The molecule has 2 aromatic rings. The first-order valence-electron chi connectivity index (χ1n) is 10.8. The third-order valence-corrected chi connectivity index (χ3v) is 8.11. The molecule has 168 valence electrons. The van der Waals surface area contributed by atoms with Gasteiger partial charge in [0.25, 0.3) is 0 Å². The minimum absolute atomic E-state index is 0.00556. The predicted octanol–water partition coefficient (Wildman–Crippen LogP) is 3.12. The summed E-state index contributed by atoms with van der Waals surface area (Å²) in [4.78, 5) is 15.2. The molecule has 1 aliphatic heterocycles. The van der Waals surface area contributed by atoms with Crippen LogP contribution in [0.15, 0.2) is 53.4 Å². The molecule has 1 atom stereocenters. The van der Waals surface area contributed by atoms with Gasteiger partial charge in [0.2, 0.25) is 15.9 Å². The molecule has 0 radical (unpaired) electrons. The Kier molecular flexibility index (Phi) is 7.51. The Hall–Kier alpha value is -2.22. The molecule has 0 aromatic heterocycles. The zero-order valence-corrected chi connectivity index (χ0v) is 19.7. The second kappa shape index (κ2) is 9.94. The molecule has 0 aliphatic carbocycles. The molecule has 1 amide bonds. The topological polar surface area (TPSA) is 69.7 Å². The largest absolute Gasteiger partial charge is 0.354 e. The number of rotatable bonds is 7. The van der Waals surface area contributed by atoms with Gasteiger partial charge in [-0.1, -0.05) is 36.4 Å². The van der Waals surface area contributed by atoms with Crippen LogP contribution in [0, 0.1) is 19.8 Å². The second-order valence-electron chi connectivity index (χ2n) is 8.56. The van der Waals surface area contributed by atoms with Crippen LogP contribution in [-0.4, -0.2) is 57.3 Å². The number of likely N-dealkylation sites (N-methyl/N-ethyl adjacent to an activating group) is 1. The van der Waals surface area contributed by atoms with Crippen LogP contribution in [0.3, 0.4) is 0 Å². The molecule has 0 bridgehead atoms. The lowest BCUT2D eigenvalue weighted by molar-refractivity contribution is -0.126. The van der Waals surface area contributed by atoms with Crippen LogP contribution in [0.5, 0.6) is 0 Å². The Morgan fingerprint density at radius 1 is 1.06 bits per heavy atom. The fraction of sp³-hybridized carbons (Fsp3) is 0.458.